The van der Waals surface area contributed by atoms with Gasteiger partial charge in [0.2, 0.25) is 0 Å². The van der Waals surface area contributed by atoms with Gasteiger partial charge in [0.1, 0.15) is 11.9 Å². The molecular weight excluding hydrogens is 236 g/mol. The molecule has 0 saturated heterocycles. The van der Waals surface area contributed by atoms with Gasteiger partial charge < -0.3 is 10.2 Å². The Morgan fingerprint density at radius 1 is 1.05 bits per heavy atom. The second kappa shape index (κ2) is 4.90. The molecule has 0 amide bonds. The van der Waals surface area contributed by atoms with Crippen molar-refractivity contribution < 1.29 is 10.2 Å². The average molecular weight is 260 g/mol. The molecule has 0 aliphatic heterocycles. The zero-order valence-electron chi connectivity index (χ0n) is 12.7. The number of aromatic hydroxyl groups is 1. The first-order chi connectivity index (χ1) is 8.50. The maximum Gasteiger partial charge on any atom is 0.140 e. The molecule has 0 aromatic heterocycles. The van der Waals surface area contributed by atoms with Crippen molar-refractivity contribution in [2.75, 3.05) is 0 Å². The molecule has 2 heteroatoms. The molecule has 0 saturated carbocycles. The lowest BCUT2D eigenvalue weighted by molar-refractivity contribution is 0.234. The van der Waals surface area contributed by atoms with Gasteiger partial charge in [-0.2, -0.15) is 0 Å². The topological polar surface area (TPSA) is 40.5 Å². The van der Waals surface area contributed by atoms with E-state index >= 15 is 0 Å². The Kier molecular flexibility index (Phi) is 4.03. The molecule has 2 nitrogen and oxygen atoms in total. The second-order valence-corrected chi connectivity index (χ2v) is 7.00. The quantitative estimate of drug-likeness (QED) is 0.757. The summed E-state index contributed by atoms with van der Waals surface area (Å²) in [6.45, 7) is 12.1. The second-order valence-electron chi connectivity index (χ2n) is 7.00. The predicted octanol–water partition coefficient (Wildman–Crippen LogP) is 3.65. The number of benzene rings is 1. The Hall–Kier alpha value is -1.46. The summed E-state index contributed by atoms with van der Waals surface area (Å²) < 4.78 is 0. The van der Waals surface area contributed by atoms with E-state index in [1.165, 1.54) is 0 Å². The molecule has 2 N–H and O–H groups in total. The van der Waals surface area contributed by atoms with Crippen LogP contribution in [0.3, 0.4) is 0 Å². The van der Waals surface area contributed by atoms with Crippen LogP contribution in [0, 0.1) is 12.3 Å². The minimum absolute atomic E-state index is 0.163. The summed E-state index contributed by atoms with van der Waals surface area (Å²) in [6, 6.07) is 3.67. The Bertz CT molecular complexity index is 508. The van der Waals surface area contributed by atoms with E-state index in [-0.39, 0.29) is 16.6 Å². The summed E-state index contributed by atoms with van der Waals surface area (Å²) in [5.74, 6) is 2.57. The van der Waals surface area contributed by atoms with E-state index < -0.39 is 6.10 Å². The molecule has 0 bridgehead atoms. The summed E-state index contributed by atoms with van der Waals surface area (Å²) in [5.41, 5.74) is 1.75. The van der Waals surface area contributed by atoms with Gasteiger partial charge in [0.15, 0.2) is 0 Å². The van der Waals surface area contributed by atoms with Crippen LogP contribution in [-0.4, -0.2) is 10.2 Å². The monoisotopic (exact) mass is 260 g/mol. The van der Waals surface area contributed by atoms with E-state index in [4.69, 9.17) is 6.42 Å². The highest BCUT2D eigenvalue weighted by atomic mass is 16.3. The maximum absolute atomic E-state index is 10.6. The van der Waals surface area contributed by atoms with Crippen molar-refractivity contribution in [2.45, 2.75) is 58.5 Å². The summed E-state index contributed by atoms with van der Waals surface area (Å²) >= 11 is 0. The van der Waals surface area contributed by atoms with E-state index in [0.717, 1.165) is 11.1 Å². The molecule has 1 aromatic rings. The molecule has 0 heterocycles. The Labute approximate surface area is 116 Å². The Morgan fingerprint density at radius 3 is 1.95 bits per heavy atom. The minimum atomic E-state index is -0.992. The molecule has 0 spiro atoms. The molecule has 1 atom stereocenters. The molecule has 1 aromatic carbocycles. The van der Waals surface area contributed by atoms with Crippen molar-refractivity contribution >= 4 is 0 Å². The number of phenols is 1. The highest BCUT2D eigenvalue weighted by Gasteiger charge is 2.29. The van der Waals surface area contributed by atoms with Crippen molar-refractivity contribution in [3.05, 3.63) is 28.8 Å². The van der Waals surface area contributed by atoms with Crippen LogP contribution in [0.15, 0.2) is 12.1 Å². The van der Waals surface area contributed by atoms with Crippen LogP contribution in [-0.2, 0) is 10.8 Å². The summed E-state index contributed by atoms with van der Waals surface area (Å²) in [5, 5.41) is 20.5. The summed E-state index contributed by atoms with van der Waals surface area (Å²) in [6.07, 6.45) is 4.32. The summed E-state index contributed by atoms with van der Waals surface area (Å²) in [4.78, 5) is 0. The van der Waals surface area contributed by atoms with Crippen LogP contribution in [0.1, 0.15) is 64.3 Å². The SMILES string of the molecule is C#CC(O)c1ccc(C(C)(C)C)c(O)c1C(C)(C)C. The van der Waals surface area contributed by atoms with Crippen LogP contribution < -0.4 is 0 Å². The van der Waals surface area contributed by atoms with Crippen molar-refractivity contribution in [1.82, 2.24) is 0 Å². The molecule has 0 fully saturated rings. The van der Waals surface area contributed by atoms with Crippen LogP contribution >= 0.6 is 0 Å². The number of aliphatic hydroxyl groups excluding tert-OH is 1. The molecule has 1 rings (SSSR count). The number of hydrogen-bond acceptors (Lipinski definition) is 2. The fraction of sp³-hybridized carbons (Fsp3) is 0.529. The number of hydrogen-bond donors (Lipinski definition) is 2. The molecule has 0 aliphatic rings. The number of aliphatic hydroxyl groups is 1. The molecule has 1 unspecified atom stereocenters. The lowest BCUT2D eigenvalue weighted by Crippen LogP contribution is -2.20. The van der Waals surface area contributed by atoms with Gasteiger partial charge >= 0.3 is 0 Å². The van der Waals surface area contributed by atoms with E-state index in [9.17, 15) is 10.2 Å². The molecule has 0 aliphatic carbocycles. The van der Waals surface area contributed by atoms with Crippen molar-refractivity contribution in [3.8, 4) is 18.1 Å². The van der Waals surface area contributed by atoms with Gasteiger partial charge in [0, 0.05) is 11.1 Å². The fourth-order valence-electron chi connectivity index (χ4n) is 2.32. The van der Waals surface area contributed by atoms with E-state index in [0.29, 0.717) is 5.56 Å². The van der Waals surface area contributed by atoms with Gasteiger partial charge in [-0.1, -0.05) is 59.6 Å². The number of rotatable bonds is 1. The number of phenolic OH excluding ortho intramolecular Hbond substituents is 1. The first-order valence-electron chi connectivity index (χ1n) is 6.51. The molecule has 104 valence electrons. The lowest BCUT2D eigenvalue weighted by Gasteiger charge is -2.30. The molecule has 0 radical (unpaired) electrons. The third-order valence-electron chi connectivity index (χ3n) is 3.22. The van der Waals surface area contributed by atoms with E-state index in [2.05, 4.69) is 5.92 Å². The highest BCUT2D eigenvalue weighted by Crippen LogP contribution is 2.42. The smallest absolute Gasteiger partial charge is 0.140 e. The highest BCUT2D eigenvalue weighted by molar-refractivity contribution is 5.53. The van der Waals surface area contributed by atoms with Crippen molar-refractivity contribution in [2.24, 2.45) is 0 Å². The van der Waals surface area contributed by atoms with Crippen LogP contribution in [0.2, 0.25) is 0 Å². The zero-order valence-corrected chi connectivity index (χ0v) is 12.7. The van der Waals surface area contributed by atoms with Crippen LogP contribution in [0.25, 0.3) is 0 Å². The summed E-state index contributed by atoms with van der Waals surface area (Å²) in [7, 11) is 0. The van der Waals surface area contributed by atoms with Crippen molar-refractivity contribution in [1.29, 1.82) is 0 Å². The van der Waals surface area contributed by atoms with Gasteiger partial charge in [-0.3, -0.25) is 0 Å². The van der Waals surface area contributed by atoms with Crippen LogP contribution in [0.4, 0.5) is 0 Å². The number of terminal acetylenes is 1. The zero-order chi connectivity index (χ0) is 15.0. The van der Waals surface area contributed by atoms with Gasteiger partial charge in [-0.25, -0.2) is 0 Å². The standard InChI is InChI=1S/C17H24O2/c1-8-13(18)11-9-10-12(16(2,3)4)15(19)14(11)17(5,6)7/h1,9-10,13,18-19H,2-7H3. The first-order valence-corrected chi connectivity index (χ1v) is 6.51. The largest absolute Gasteiger partial charge is 0.507 e. The lowest BCUT2D eigenvalue weighted by atomic mass is 9.76. The predicted molar refractivity (Wildman–Crippen MR) is 79.3 cm³/mol. The average Bonchev–Trinajstić information content (AvgIpc) is 2.23. The Morgan fingerprint density at radius 2 is 1.58 bits per heavy atom. The third-order valence-corrected chi connectivity index (χ3v) is 3.22. The maximum atomic E-state index is 10.6. The normalized spacial score (nSPS) is 14.0. The van der Waals surface area contributed by atoms with Crippen LogP contribution in [0.5, 0.6) is 5.75 Å². The van der Waals surface area contributed by atoms with Gasteiger partial charge in [-0.15, -0.1) is 6.42 Å². The van der Waals surface area contributed by atoms with Gasteiger partial charge in [0.25, 0.3) is 0 Å². The minimum Gasteiger partial charge on any atom is -0.507 e. The molecule has 19 heavy (non-hydrogen) atoms. The fourth-order valence-corrected chi connectivity index (χ4v) is 2.32. The van der Waals surface area contributed by atoms with E-state index in [1.807, 2.05) is 53.7 Å². The van der Waals surface area contributed by atoms with Gasteiger partial charge in [0.05, 0.1) is 0 Å². The molecular formula is C17H24O2. The Balaban J connectivity index is 3.66. The van der Waals surface area contributed by atoms with Crippen molar-refractivity contribution in [3.63, 3.8) is 0 Å². The third kappa shape index (κ3) is 3.11. The van der Waals surface area contributed by atoms with Gasteiger partial charge in [-0.05, 0) is 16.4 Å². The van der Waals surface area contributed by atoms with E-state index in [1.54, 1.807) is 0 Å². The first kappa shape index (κ1) is 15.6.